The summed E-state index contributed by atoms with van der Waals surface area (Å²) in [4.78, 5) is 36.7. The largest absolute Gasteiger partial charge is 0.430 e. The standard InChI is InChI=1S/C24H32O7/c1-12-7-15-16-5-6-24(30,19(29)11-25)22(16,3)10-18(28)21(15)23(4)17(12)8-14(27)9-20(23)31-13(2)26/h8-9,12,15-16,18,21,25,28,30H,5-7,10-11H2,1-4H3/t12?,15-,16-,18-,21+,22-,23+,24-/m0/s1. The Hall–Kier alpha value is -1.83. The highest BCUT2D eigenvalue weighted by Gasteiger charge is 2.69. The van der Waals surface area contributed by atoms with Crippen LogP contribution in [0.25, 0.3) is 0 Å². The Morgan fingerprint density at radius 3 is 2.55 bits per heavy atom. The minimum atomic E-state index is -1.67. The van der Waals surface area contributed by atoms with E-state index >= 15 is 0 Å². The van der Waals surface area contributed by atoms with Gasteiger partial charge in [0.05, 0.1) is 11.5 Å². The predicted molar refractivity (Wildman–Crippen MR) is 110 cm³/mol. The van der Waals surface area contributed by atoms with Gasteiger partial charge in [-0.25, -0.2) is 0 Å². The lowest BCUT2D eigenvalue weighted by atomic mass is 9.44. The van der Waals surface area contributed by atoms with Crippen LogP contribution in [0, 0.1) is 34.5 Å². The van der Waals surface area contributed by atoms with E-state index in [2.05, 4.69) is 0 Å². The molecule has 3 saturated carbocycles. The van der Waals surface area contributed by atoms with E-state index < -0.39 is 40.9 Å². The lowest BCUT2D eigenvalue weighted by Gasteiger charge is -2.61. The predicted octanol–water partition coefficient (Wildman–Crippen LogP) is 1.69. The molecular formula is C24H32O7. The van der Waals surface area contributed by atoms with Gasteiger partial charge in [0.2, 0.25) is 0 Å². The van der Waals surface area contributed by atoms with Gasteiger partial charge in [-0.1, -0.05) is 13.8 Å². The fraction of sp³-hybridized carbons (Fsp3) is 0.708. The van der Waals surface area contributed by atoms with Gasteiger partial charge in [0, 0.05) is 24.3 Å². The molecule has 0 radical (unpaired) electrons. The van der Waals surface area contributed by atoms with Crippen molar-refractivity contribution in [1.29, 1.82) is 0 Å². The number of ketones is 2. The number of esters is 1. The van der Waals surface area contributed by atoms with Crippen molar-refractivity contribution in [2.45, 2.75) is 65.1 Å². The van der Waals surface area contributed by atoms with Crippen LogP contribution in [0.15, 0.2) is 23.5 Å². The summed E-state index contributed by atoms with van der Waals surface area (Å²) in [7, 11) is 0. The van der Waals surface area contributed by atoms with E-state index in [0.29, 0.717) is 12.8 Å². The molecule has 1 unspecified atom stereocenters. The summed E-state index contributed by atoms with van der Waals surface area (Å²) < 4.78 is 5.53. The number of rotatable bonds is 3. The summed E-state index contributed by atoms with van der Waals surface area (Å²) in [6.45, 7) is 6.37. The van der Waals surface area contributed by atoms with Crippen molar-refractivity contribution in [3.8, 4) is 0 Å². The summed E-state index contributed by atoms with van der Waals surface area (Å²) in [5.41, 5.74) is -2.50. The number of hydrogen-bond donors (Lipinski definition) is 3. The van der Waals surface area contributed by atoms with Crippen molar-refractivity contribution < 1.29 is 34.4 Å². The van der Waals surface area contributed by atoms with Crippen LogP contribution in [-0.2, 0) is 19.1 Å². The second kappa shape index (κ2) is 7.09. The smallest absolute Gasteiger partial charge is 0.307 e. The summed E-state index contributed by atoms with van der Waals surface area (Å²) >= 11 is 0. The molecule has 0 aromatic carbocycles. The van der Waals surface area contributed by atoms with Crippen LogP contribution in [0.3, 0.4) is 0 Å². The molecule has 3 fully saturated rings. The van der Waals surface area contributed by atoms with Crippen LogP contribution in [-0.4, -0.2) is 51.2 Å². The first-order valence-electron chi connectivity index (χ1n) is 11.1. The summed E-state index contributed by atoms with van der Waals surface area (Å²) in [5, 5.41) is 32.3. The third-order valence-corrected chi connectivity index (χ3v) is 8.97. The van der Waals surface area contributed by atoms with Crippen molar-refractivity contribution >= 4 is 17.5 Å². The Morgan fingerprint density at radius 2 is 1.94 bits per heavy atom. The molecule has 0 amide bonds. The Labute approximate surface area is 182 Å². The number of allylic oxidation sites excluding steroid dienone is 3. The highest BCUT2D eigenvalue weighted by molar-refractivity contribution is 6.02. The average Bonchev–Trinajstić information content (AvgIpc) is 2.94. The zero-order valence-corrected chi connectivity index (χ0v) is 18.6. The molecule has 0 aliphatic heterocycles. The van der Waals surface area contributed by atoms with Crippen LogP contribution >= 0.6 is 0 Å². The maximum atomic E-state index is 12.5. The van der Waals surface area contributed by atoms with Gasteiger partial charge in [0.25, 0.3) is 0 Å². The molecular weight excluding hydrogens is 400 g/mol. The van der Waals surface area contributed by atoms with Crippen LogP contribution in [0.4, 0.5) is 0 Å². The summed E-state index contributed by atoms with van der Waals surface area (Å²) in [6, 6.07) is 0. The van der Waals surface area contributed by atoms with Gasteiger partial charge in [0.15, 0.2) is 11.6 Å². The van der Waals surface area contributed by atoms with Crippen LogP contribution in [0.1, 0.15) is 53.4 Å². The highest BCUT2D eigenvalue weighted by atomic mass is 16.5. The van der Waals surface area contributed by atoms with Crippen molar-refractivity contribution in [3.05, 3.63) is 23.5 Å². The van der Waals surface area contributed by atoms with Gasteiger partial charge in [-0.15, -0.1) is 0 Å². The van der Waals surface area contributed by atoms with Gasteiger partial charge in [-0.3, -0.25) is 14.4 Å². The molecule has 0 saturated heterocycles. The fourth-order valence-electron chi connectivity index (χ4n) is 7.69. The molecule has 3 N–H and O–H groups in total. The lowest BCUT2D eigenvalue weighted by molar-refractivity contribution is -0.184. The van der Waals surface area contributed by atoms with Gasteiger partial charge in [-0.2, -0.15) is 0 Å². The molecule has 0 aromatic heterocycles. The van der Waals surface area contributed by atoms with Crippen molar-refractivity contribution in [2.75, 3.05) is 6.61 Å². The van der Waals surface area contributed by atoms with Crippen molar-refractivity contribution in [1.82, 2.24) is 0 Å². The van der Waals surface area contributed by atoms with Gasteiger partial charge >= 0.3 is 5.97 Å². The molecule has 4 aliphatic rings. The molecule has 0 bridgehead atoms. The third kappa shape index (κ3) is 2.86. The second-order valence-electron chi connectivity index (χ2n) is 10.4. The number of carbonyl (C=O) groups is 3. The molecule has 7 heteroatoms. The molecule has 0 heterocycles. The van der Waals surface area contributed by atoms with Crippen molar-refractivity contribution in [2.24, 2.45) is 34.5 Å². The van der Waals surface area contributed by atoms with Gasteiger partial charge < -0.3 is 20.1 Å². The summed E-state index contributed by atoms with van der Waals surface area (Å²) in [5.74, 6) is -1.47. The van der Waals surface area contributed by atoms with E-state index in [1.165, 1.54) is 13.0 Å². The van der Waals surface area contributed by atoms with Crippen LogP contribution in [0.5, 0.6) is 0 Å². The van der Waals surface area contributed by atoms with E-state index in [0.717, 1.165) is 5.57 Å². The van der Waals surface area contributed by atoms with E-state index in [1.54, 1.807) is 6.08 Å². The van der Waals surface area contributed by atoms with E-state index in [1.807, 2.05) is 20.8 Å². The summed E-state index contributed by atoms with van der Waals surface area (Å²) in [6.07, 6.45) is 3.83. The quantitative estimate of drug-likeness (QED) is 0.580. The first kappa shape index (κ1) is 22.4. The minimum absolute atomic E-state index is 0.00578. The zero-order chi connectivity index (χ0) is 22.9. The Kier molecular flexibility index (Phi) is 5.11. The average molecular weight is 433 g/mol. The fourth-order valence-corrected chi connectivity index (χ4v) is 7.69. The van der Waals surface area contributed by atoms with Crippen molar-refractivity contribution in [3.63, 3.8) is 0 Å². The third-order valence-electron chi connectivity index (χ3n) is 8.97. The second-order valence-corrected chi connectivity index (χ2v) is 10.4. The SMILES string of the molecule is CC(=O)OC1=CC(=O)C=C2C(C)C[C@@H]3[C@H]([C@@H](O)C[C@@]4(C)[C@H]3CC[C@]4(O)C(=O)CO)[C@@]12C. The highest BCUT2D eigenvalue weighted by Crippen LogP contribution is 2.68. The molecule has 0 spiro atoms. The first-order valence-corrected chi connectivity index (χ1v) is 11.1. The number of carbonyl (C=O) groups excluding carboxylic acids is 3. The number of ether oxygens (including phenoxy) is 1. The Balaban J connectivity index is 1.82. The zero-order valence-electron chi connectivity index (χ0n) is 18.6. The van der Waals surface area contributed by atoms with Gasteiger partial charge in [-0.05, 0) is 62.0 Å². The van der Waals surface area contributed by atoms with E-state index in [4.69, 9.17) is 4.74 Å². The normalized spacial score (nSPS) is 46.3. The molecule has 4 rings (SSSR count). The Bertz CT molecular complexity index is 904. The van der Waals surface area contributed by atoms with Crippen LogP contribution in [0.2, 0.25) is 0 Å². The topological polar surface area (TPSA) is 121 Å². The lowest BCUT2D eigenvalue weighted by Crippen LogP contribution is -2.63. The molecule has 4 aliphatic carbocycles. The number of fused-ring (bicyclic) bond motifs is 5. The molecule has 31 heavy (non-hydrogen) atoms. The van der Waals surface area contributed by atoms with E-state index in [-0.39, 0.29) is 48.1 Å². The first-order chi connectivity index (χ1) is 14.4. The monoisotopic (exact) mass is 432 g/mol. The molecule has 170 valence electrons. The number of aliphatic hydroxyl groups excluding tert-OH is 2. The molecule has 7 nitrogen and oxygen atoms in total. The maximum absolute atomic E-state index is 12.5. The Morgan fingerprint density at radius 1 is 1.26 bits per heavy atom. The van der Waals surface area contributed by atoms with Crippen LogP contribution < -0.4 is 0 Å². The maximum Gasteiger partial charge on any atom is 0.307 e. The molecule has 0 aromatic rings. The molecule has 8 atom stereocenters. The minimum Gasteiger partial charge on any atom is -0.430 e. The number of hydrogen-bond acceptors (Lipinski definition) is 7. The number of aliphatic hydroxyl groups is 3. The van der Waals surface area contributed by atoms with Gasteiger partial charge in [0.1, 0.15) is 18.0 Å². The van der Waals surface area contributed by atoms with E-state index in [9.17, 15) is 29.7 Å². The number of Topliss-reactive ketones (excluding diaryl/α,β-unsaturated/α-hetero) is 1.